The molecule has 0 fully saturated rings. The van der Waals surface area contributed by atoms with Crippen LogP contribution in [-0.2, 0) is 10.0 Å². The molecule has 0 aliphatic rings. The summed E-state index contributed by atoms with van der Waals surface area (Å²) in [5.41, 5.74) is 0.754. The lowest BCUT2D eigenvalue weighted by Crippen LogP contribution is -2.13. The number of nitriles is 1. The first-order chi connectivity index (χ1) is 10.1. The lowest BCUT2D eigenvalue weighted by Gasteiger charge is -2.05. The molecule has 0 saturated heterocycles. The summed E-state index contributed by atoms with van der Waals surface area (Å²) in [6.45, 7) is 0. The average molecular weight is 299 g/mol. The van der Waals surface area contributed by atoms with Crippen LogP contribution in [-0.4, -0.2) is 13.6 Å². The number of hydrogen-bond acceptors (Lipinski definition) is 5. The second-order valence-electron chi connectivity index (χ2n) is 4.27. The highest BCUT2D eigenvalue weighted by Gasteiger charge is 2.18. The Bertz CT molecular complexity index is 955. The van der Waals surface area contributed by atoms with E-state index in [1.165, 1.54) is 24.3 Å². The van der Waals surface area contributed by atoms with Gasteiger partial charge in [0.05, 0.1) is 21.9 Å². The molecule has 1 N–H and O–H groups in total. The minimum Gasteiger partial charge on any atom is -0.354 e. The zero-order chi connectivity index (χ0) is 14.9. The number of para-hydroxylation sites is 1. The molecule has 6 nitrogen and oxygen atoms in total. The molecule has 0 aliphatic heterocycles. The Balaban J connectivity index is 2.02. The molecule has 3 aromatic rings. The lowest BCUT2D eigenvalue weighted by molar-refractivity contribution is 0.460. The van der Waals surface area contributed by atoms with Gasteiger partial charge in [0, 0.05) is 0 Å². The second kappa shape index (κ2) is 4.92. The summed E-state index contributed by atoms with van der Waals surface area (Å²) in [5.74, 6) is 0.118. The van der Waals surface area contributed by atoms with Crippen molar-refractivity contribution in [1.82, 2.24) is 5.16 Å². The first-order valence-electron chi connectivity index (χ1n) is 5.97. The van der Waals surface area contributed by atoms with E-state index in [-0.39, 0.29) is 16.3 Å². The number of aromatic nitrogens is 1. The van der Waals surface area contributed by atoms with E-state index in [0.717, 1.165) is 0 Å². The van der Waals surface area contributed by atoms with Crippen LogP contribution in [0.15, 0.2) is 57.9 Å². The van der Waals surface area contributed by atoms with E-state index in [1.807, 2.05) is 6.07 Å². The van der Waals surface area contributed by atoms with Gasteiger partial charge < -0.3 is 4.52 Å². The third-order valence-electron chi connectivity index (χ3n) is 2.88. The smallest absolute Gasteiger partial charge is 0.263 e. The van der Waals surface area contributed by atoms with Gasteiger partial charge >= 0.3 is 0 Å². The van der Waals surface area contributed by atoms with Crippen molar-refractivity contribution in [3.63, 3.8) is 0 Å². The number of rotatable bonds is 3. The van der Waals surface area contributed by atoms with Crippen molar-refractivity contribution >= 4 is 26.8 Å². The monoisotopic (exact) mass is 299 g/mol. The van der Waals surface area contributed by atoms with Crippen molar-refractivity contribution in [3.8, 4) is 6.07 Å². The normalized spacial score (nSPS) is 11.2. The van der Waals surface area contributed by atoms with E-state index in [1.54, 1.807) is 24.3 Å². The fourth-order valence-corrected chi connectivity index (χ4v) is 2.94. The van der Waals surface area contributed by atoms with Gasteiger partial charge in [-0.05, 0) is 30.3 Å². The van der Waals surface area contributed by atoms with Gasteiger partial charge in [0.1, 0.15) is 0 Å². The summed E-state index contributed by atoms with van der Waals surface area (Å²) >= 11 is 0. The molecule has 0 unspecified atom stereocenters. The van der Waals surface area contributed by atoms with Crippen LogP contribution in [0, 0.1) is 11.3 Å². The molecule has 7 heteroatoms. The molecular weight excluding hydrogens is 290 g/mol. The molecule has 0 aliphatic carbocycles. The Hall–Kier alpha value is -2.85. The van der Waals surface area contributed by atoms with E-state index in [4.69, 9.17) is 9.78 Å². The van der Waals surface area contributed by atoms with Crippen LogP contribution in [0.2, 0.25) is 0 Å². The summed E-state index contributed by atoms with van der Waals surface area (Å²) in [5, 5.41) is 13.1. The average Bonchev–Trinajstić information content (AvgIpc) is 2.90. The molecule has 0 bridgehead atoms. The number of nitrogens with zero attached hydrogens (tertiary/aromatic N) is 2. The Labute approximate surface area is 120 Å². The topological polar surface area (TPSA) is 96.0 Å². The molecule has 3 rings (SSSR count). The lowest BCUT2D eigenvalue weighted by atomic mass is 10.2. The molecule has 21 heavy (non-hydrogen) atoms. The fourth-order valence-electron chi connectivity index (χ4n) is 1.88. The van der Waals surface area contributed by atoms with E-state index in [0.29, 0.717) is 11.0 Å². The largest absolute Gasteiger partial charge is 0.354 e. The quantitative estimate of drug-likeness (QED) is 0.801. The van der Waals surface area contributed by atoms with E-state index < -0.39 is 10.0 Å². The number of nitrogens with one attached hydrogen (secondary N) is 1. The highest BCUT2D eigenvalue weighted by molar-refractivity contribution is 7.92. The van der Waals surface area contributed by atoms with Gasteiger partial charge in [0.2, 0.25) is 0 Å². The third kappa shape index (κ3) is 2.44. The summed E-state index contributed by atoms with van der Waals surface area (Å²) < 4.78 is 32.0. The number of benzene rings is 2. The van der Waals surface area contributed by atoms with Crippen LogP contribution < -0.4 is 4.72 Å². The predicted molar refractivity (Wildman–Crippen MR) is 76.0 cm³/mol. The standard InChI is InChI=1S/C14H9N3O3S/c15-9-10-4-3-5-11(8-10)21(18,19)17-14-12-6-1-2-7-13(12)20-16-14/h1-8H,(H,16,17). The minimum atomic E-state index is -3.83. The van der Waals surface area contributed by atoms with Gasteiger partial charge in [0.15, 0.2) is 11.4 Å². The van der Waals surface area contributed by atoms with Crippen molar-refractivity contribution < 1.29 is 12.9 Å². The van der Waals surface area contributed by atoms with Crippen molar-refractivity contribution in [2.24, 2.45) is 0 Å². The highest BCUT2D eigenvalue weighted by Crippen LogP contribution is 2.24. The van der Waals surface area contributed by atoms with Crippen LogP contribution in [0.5, 0.6) is 0 Å². The maximum atomic E-state index is 12.3. The molecule has 2 aromatic carbocycles. The summed E-state index contributed by atoms with van der Waals surface area (Å²) in [4.78, 5) is -0.00590. The Kier molecular flexibility index (Phi) is 3.08. The number of anilines is 1. The van der Waals surface area contributed by atoms with Crippen molar-refractivity contribution in [2.45, 2.75) is 4.90 Å². The van der Waals surface area contributed by atoms with Gasteiger partial charge in [-0.1, -0.05) is 23.4 Å². The fraction of sp³-hybridized carbons (Fsp3) is 0. The van der Waals surface area contributed by atoms with Gasteiger partial charge in [-0.2, -0.15) is 5.26 Å². The molecule has 1 heterocycles. The SMILES string of the molecule is N#Cc1cccc(S(=O)(=O)Nc2noc3ccccc23)c1. The van der Waals surface area contributed by atoms with E-state index in [2.05, 4.69) is 9.88 Å². The molecular formula is C14H9N3O3S. The first kappa shape index (κ1) is 13.1. The maximum absolute atomic E-state index is 12.3. The zero-order valence-electron chi connectivity index (χ0n) is 10.6. The van der Waals surface area contributed by atoms with Crippen LogP contribution >= 0.6 is 0 Å². The summed E-state index contributed by atoms with van der Waals surface area (Å²) in [6.07, 6.45) is 0. The van der Waals surface area contributed by atoms with E-state index in [9.17, 15) is 8.42 Å². The molecule has 0 saturated carbocycles. The molecule has 0 spiro atoms. The van der Waals surface area contributed by atoms with Gasteiger partial charge in [-0.25, -0.2) is 8.42 Å². The zero-order valence-corrected chi connectivity index (χ0v) is 11.5. The Morgan fingerprint density at radius 2 is 1.95 bits per heavy atom. The number of fused-ring (bicyclic) bond motifs is 1. The predicted octanol–water partition coefficient (Wildman–Crippen LogP) is 2.50. The minimum absolute atomic E-state index is 0.00590. The first-order valence-corrected chi connectivity index (χ1v) is 7.46. The summed E-state index contributed by atoms with van der Waals surface area (Å²) in [6, 6.07) is 14.6. The molecule has 0 amide bonds. The van der Waals surface area contributed by atoms with Gasteiger partial charge in [-0.15, -0.1) is 0 Å². The third-order valence-corrected chi connectivity index (χ3v) is 4.22. The van der Waals surface area contributed by atoms with Crippen molar-refractivity contribution in [3.05, 3.63) is 54.1 Å². The Morgan fingerprint density at radius 3 is 2.76 bits per heavy atom. The molecule has 0 radical (unpaired) electrons. The Morgan fingerprint density at radius 1 is 1.14 bits per heavy atom. The molecule has 1 aromatic heterocycles. The van der Waals surface area contributed by atoms with Gasteiger partial charge in [0.25, 0.3) is 10.0 Å². The summed E-state index contributed by atoms with van der Waals surface area (Å²) in [7, 11) is -3.83. The van der Waals surface area contributed by atoms with Crippen LogP contribution in [0.3, 0.4) is 0 Å². The van der Waals surface area contributed by atoms with Crippen LogP contribution in [0.1, 0.15) is 5.56 Å². The van der Waals surface area contributed by atoms with Crippen molar-refractivity contribution in [2.75, 3.05) is 4.72 Å². The van der Waals surface area contributed by atoms with Gasteiger partial charge in [-0.3, -0.25) is 4.72 Å². The highest BCUT2D eigenvalue weighted by atomic mass is 32.2. The second-order valence-corrected chi connectivity index (χ2v) is 5.95. The van der Waals surface area contributed by atoms with Crippen LogP contribution in [0.4, 0.5) is 5.82 Å². The van der Waals surface area contributed by atoms with Crippen LogP contribution in [0.25, 0.3) is 11.0 Å². The van der Waals surface area contributed by atoms with E-state index >= 15 is 0 Å². The number of hydrogen-bond donors (Lipinski definition) is 1. The maximum Gasteiger partial charge on any atom is 0.263 e. The van der Waals surface area contributed by atoms with Crippen molar-refractivity contribution in [1.29, 1.82) is 5.26 Å². The molecule has 0 atom stereocenters. The molecule has 104 valence electrons. The number of sulfonamides is 1.